The normalized spacial score (nSPS) is 14.1. The molecule has 0 aliphatic heterocycles. The Morgan fingerprint density at radius 1 is 0.818 bits per heavy atom. The topological polar surface area (TPSA) is 159 Å². The molecule has 0 aliphatic carbocycles. The molecule has 1 aromatic heterocycles. The number of aliphatic hydroxyl groups is 1. The van der Waals surface area contributed by atoms with Crippen molar-refractivity contribution in [1.29, 1.82) is 0 Å². The summed E-state index contributed by atoms with van der Waals surface area (Å²) in [5.74, 6) is -3.56. The molecule has 0 unspecified atom stereocenters. The number of hydrogen-bond donors (Lipinski definition) is 1. The highest BCUT2D eigenvalue weighted by Crippen LogP contribution is 2.22. The van der Waals surface area contributed by atoms with Gasteiger partial charge in [-0.3, -0.25) is 28.9 Å². The molecule has 182 valence electrons. The van der Waals surface area contributed by atoms with E-state index >= 15 is 0 Å². The first kappa shape index (κ1) is 27.5. The van der Waals surface area contributed by atoms with E-state index in [0.29, 0.717) is 0 Å². The second-order valence-electron chi connectivity index (χ2n) is 6.94. The highest BCUT2D eigenvalue weighted by molar-refractivity contribution is 5.90. The van der Waals surface area contributed by atoms with Crippen LogP contribution in [0.5, 0.6) is 0 Å². The van der Waals surface area contributed by atoms with E-state index in [4.69, 9.17) is 18.9 Å². The SMILES string of the molecule is CC(=O)O[C@@H]([C@H](OC(C)=O)[C@@H](CN(C(C)=O)c1ccccn1)OC(C)=O)[C@@H](CO)OC(C)=O. The molecule has 4 atom stereocenters. The number of nitrogens with zero attached hydrogens (tertiary/aromatic N) is 2. The van der Waals surface area contributed by atoms with Crippen LogP contribution in [0, 0.1) is 0 Å². The summed E-state index contributed by atoms with van der Waals surface area (Å²) in [6.07, 6.45) is -4.54. The van der Waals surface area contributed by atoms with Gasteiger partial charge in [-0.25, -0.2) is 4.98 Å². The Kier molecular flexibility index (Phi) is 10.9. The average Bonchev–Trinajstić information content (AvgIpc) is 2.71. The van der Waals surface area contributed by atoms with Crippen LogP contribution >= 0.6 is 0 Å². The van der Waals surface area contributed by atoms with Gasteiger partial charge in [-0.1, -0.05) is 6.07 Å². The zero-order chi connectivity index (χ0) is 25.1. The lowest BCUT2D eigenvalue weighted by Gasteiger charge is -2.36. The number of pyridine rings is 1. The molecule has 1 rings (SSSR count). The fraction of sp³-hybridized carbons (Fsp3) is 0.524. The maximum atomic E-state index is 12.3. The third-order valence-corrected chi connectivity index (χ3v) is 4.14. The summed E-state index contributed by atoms with van der Waals surface area (Å²) in [5, 5.41) is 9.76. The van der Waals surface area contributed by atoms with Gasteiger partial charge in [0.2, 0.25) is 5.91 Å². The lowest BCUT2D eigenvalue weighted by molar-refractivity contribution is -0.200. The lowest BCUT2D eigenvalue weighted by Crippen LogP contribution is -2.56. The molecule has 0 radical (unpaired) electrons. The van der Waals surface area contributed by atoms with Crippen molar-refractivity contribution in [2.75, 3.05) is 18.1 Å². The van der Waals surface area contributed by atoms with Gasteiger partial charge in [0.1, 0.15) is 5.82 Å². The van der Waals surface area contributed by atoms with Gasteiger partial charge in [0, 0.05) is 40.8 Å². The summed E-state index contributed by atoms with van der Waals surface area (Å²) in [4.78, 5) is 64.7. The minimum Gasteiger partial charge on any atom is -0.457 e. The molecular weight excluding hydrogens is 440 g/mol. The quantitative estimate of drug-likeness (QED) is 0.348. The molecule has 0 aliphatic rings. The van der Waals surface area contributed by atoms with Crippen molar-refractivity contribution in [3.63, 3.8) is 0 Å². The van der Waals surface area contributed by atoms with Crippen LogP contribution in [0.1, 0.15) is 34.6 Å². The van der Waals surface area contributed by atoms with Gasteiger partial charge >= 0.3 is 23.9 Å². The Labute approximate surface area is 190 Å². The maximum absolute atomic E-state index is 12.3. The van der Waals surface area contributed by atoms with E-state index in [-0.39, 0.29) is 12.4 Å². The van der Waals surface area contributed by atoms with Crippen LogP contribution in [0.3, 0.4) is 0 Å². The fourth-order valence-electron chi connectivity index (χ4n) is 3.01. The molecule has 0 bridgehead atoms. The van der Waals surface area contributed by atoms with Crippen molar-refractivity contribution >= 4 is 35.6 Å². The Hall–Kier alpha value is -3.54. The van der Waals surface area contributed by atoms with Crippen molar-refractivity contribution in [3.8, 4) is 0 Å². The summed E-state index contributed by atoms with van der Waals surface area (Å²) in [6, 6.07) is 4.80. The number of amides is 1. The van der Waals surface area contributed by atoms with Crippen LogP contribution in [0.4, 0.5) is 5.82 Å². The number of anilines is 1. The predicted octanol–water partition coefficient (Wildman–Crippen LogP) is 0.154. The number of carbonyl (C=O) groups is 5. The van der Waals surface area contributed by atoms with E-state index in [1.807, 2.05) is 0 Å². The van der Waals surface area contributed by atoms with Gasteiger partial charge in [-0.15, -0.1) is 0 Å². The van der Waals surface area contributed by atoms with Crippen molar-refractivity contribution in [2.45, 2.75) is 59.0 Å². The van der Waals surface area contributed by atoms with Gasteiger partial charge < -0.3 is 24.1 Å². The molecule has 1 aromatic rings. The summed E-state index contributed by atoms with van der Waals surface area (Å²) >= 11 is 0. The van der Waals surface area contributed by atoms with Gasteiger partial charge in [-0.05, 0) is 12.1 Å². The number of aliphatic hydroxyl groups excluding tert-OH is 1. The number of carbonyl (C=O) groups excluding carboxylic acids is 5. The summed E-state index contributed by atoms with van der Waals surface area (Å²) in [6.45, 7) is 4.35. The smallest absolute Gasteiger partial charge is 0.303 e. The van der Waals surface area contributed by atoms with E-state index < -0.39 is 60.8 Å². The fourth-order valence-corrected chi connectivity index (χ4v) is 3.01. The van der Waals surface area contributed by atoms with E-state index in [1.165, 1.54) is 19.2 Å². The highest BCUT2D eigenvalue weighted by atomic mass is 16.6. The molecule has 1 N–H and O–H groups in total. The van der Waals surface area contributed by atoms with Crippen LogP contribution in [-0.2, 0) is 42.9 Å². The van der Waals surface area contributed by atoms with E-state index in [2.05, 4.69) is 4.98 Å². The molecule has 12 heteroatoms. The first-order valence-electron chi connectivity index (χ1n) is 9.95. The predicted molar refractivity (Wildman–Crippen MR) is 112 cm³/mol. The number of ether oxygens (including phenoxy) is 4. The van der Waals surface area contributed by atoms with Gasteiger partial charge in [0.25, 0.3) is 0 Å². The Bertz CT molecular complexity index is 845. The Morgan fingerprint density at radius 3 is 1.70 bits per heavy atom. The molecular formula is C21H28N2O10. The minimum absolute atomic E-state index is 0.214. The monoisotopic (exact) mass is 468 g/mol. The van der Waals surface area contributed by atoms with Crippen molar-refractivity contribution in [2.24, 2.45) is 0 Å². The third-order valence-electron chi connectivity index (χ3n) is 4.14. The molecule has 1 amide bonds. The minimum atomic E-state index is -1.57. The number of esters is 4. The highest BCUT2D eigenvalue weighted by Gasteiger charge is 2.44. The van der Waals surface area contributed by atoms with Gasteiger partial charge in [0.15, 0.2) is 24.4 Å². The summed E-state index contributed by atoms with van der Waals surface area (Å²) < 4.78 is 20.9. The lowest BCUT2D eigenvalue weighted by atomic mass is 10.0. The van der Waals surface area contributed by atoms with Crippen LogP contribution < -0.4 is 4.90 Å². The Balaban J connectivity index is 3.52. The van der Waals surface area contributed by atoms with Crippen LogP contribution in [0.15, 0.2) is 24.4 Å². The zero-order valence-electron chi connectivity index (χ0n) is 19.0. The van der Waals surface area contributed by atoms with E-state index in [9.17, 15) is 29.1 Å². The first-order valence-corrected chi connectivity index (χ1v) is 9.95. The number of rotatable bonds is 11. The van der Waals surface area contributed by atoms with Crippen molar-refractivity contribution in [3.05, 3.63) is 24.4 Å². The number of aromatic nitrogens is 1. The van der Waals surface area contributed by atoms with Crippen molar-refractivity contribution < 1.29 is 48.0 Å². The van der Waals surface area contributed by atoms with Gasteiger partial charge in [0.05, 0.1) is 13.2 Å². The van der Waals surface area contributed by atoms with Crippen molar-refractivity contribution in [1.82, 2.24) is 4.98 Å². The number of hydrogen-bond acceptors (Lipinski definition) is 11. The molecule has 33 heavy (non-hydrogen) atoms. The Morgan fingerprint density at radius 2 is 1.30 bits per heavy atom. The summed E-state index contributed by atoms with van der Waals surface area (Å²) in [7, 11) is 0. The molecule has 12 nitrogen and oxygen atoms in total. The maximum Gasteiger partial charge on any atom is 0.303 e. The van der Waals surface area contributed by atoms with Crippen LogP contribution in [0.2, 0.25) is 0 Å². The van der Waals surface area contributed by atoms with Gasteiger partial charge in [-0.2, -0.15) is 0 Å². The third kappa shape index (κ3) is 9.23. The molecule has 0 spiro atoms. The molecule has 0 aromatic carbocycles. The zero-order valence-corrected chi connectivity index (χ0v) is 19.0. The average molecular weight is 468 g/mol. The summed E-state index contributed by atoms with van der Waals surface area (Å²) in [5.41, 5.74) is 0. The largest absolute Gasteiger partial charge is 0.457 e. The van der Waals surface area contributed by atoms with Crippen LogP contribution in [0.25, 0.3) is 0 Å². The molecule has 0 fully saturated rings. The first-order chi connectivity index (χ1) is 15.5. The standard InChI is InChI=1S/C21H28N2O10/c1-12(25)23(19-8-6-7-9-22-19)10-17(30-13(2)26)20(32-15(4)28)21(33-16(5)29)18(11-24)31-14(3)27/h6-9,17-18,20-21,24H,10-11H2,1-5H3/t17-,18-,20-,21-/m1/s1. The molecule has 0 saturated heterocycles. The molecule has 0 saturated carbocycles. The second kappa shape index (κ2) is 13.1. The van der Waals surface area contributed by atoms with E-state index in [1.54, 1.807) is 12.1 Å². The molecule has 1 heterocycles. The van der Waals surface area contributed by atoms with Crippen LogP contribution in [-0.4, -0.2) is 77.4 Å². The second-order valence-corrected chi connectivity index (χ2v) is 6.94. The van der Waals surface area contributed by atoms with E-state index in [0.717, 1.165) is 32.6 Å².